The van der Waals surface area contributed by atoms with E-state index in [1.54, 1.807) is 56.5 Å². The molecule has 8 heteroatoms. The van der Waals surface area contributed by atoms with E-state index in [0.717, 1.165) is 11.8 Å². The van der Waals surface area contributed by atoms with Gasteiger partial charge in [-0.15, -0.1) is 0 Å². The smallest absolute Gasteiger partial charge is 0.251 e. The van der Waals surface area contributed by atoms with Crippen LogP contribution in [0.2, 0.25) is 5.02 Å². The van der Waals surface area contributed by atoms with E-state index in [1.807, 2.05) is 0 Å². The first-order valence-electron chi connectivity index (χ1n) is 7.88. The highest BCUT2D eigenvalue weighted by molar-refractivity contribution is 7.92. The maximum absolute atomic E-state index is 12.2. The molecule has 0 radical (unpaired) electrons. The maximum atomic E-state index is 12.2. The number of methoxy groups -OCH3 is 1. The maximum Gasteiger partial charge on any atom is 0.251 e. The molecule has 0 atom stereocenters. The van der Waals surface area contributed by atoms with Crippen LogP contribution in [0.5, 0.6) is 5.75 Å². The fourth-order valence-electron chi connectivity index (χ4n) is 2.48. The zero-order valence-electron chi connectivity index (χ0n) is 14.8. The van der Waals surface area contributed by atoms with Crippen LogP contribution < -0.4 is 14.4 Å². The second kappa shape index (κ2) is 8.42. The molecule has 6 nitrogen and oxygen atoms in total. The van der Waals surface area contributed by atoms with Crippen molar-refractivity contribution in [2.45, 2.75) is 6.92 Å². The second-order valence-corrected chi connectivity index (χ2v) is 8.09. The highest BCUT2D eigenvalue weighted by Crippen LogP contribution is 2.25. The van der Waals surface area contributed by atoms with Gasteiger partial charge in [-0.1, -0.05) is 11.6 Å². The number of carbonyl (C=O) groups is 1. The number of rotatable bonds is 7. The van der Waals surface area contributed by atoms with E-state index >= 15 is 0 Å². The molecular weight excluding hydrogens is 376 g/mol. The van der Waals surface area contributed by atoms with Gasteiger partial charge < -0.3 is 10.1 Å². The Morgan fingerprint density at radius 3 is 2.38 bits per heavy atom. The van der Waals surface area contributed by atoms with Gasteiger partial charge in [0.05, 0.1) is 25.6 Å². The molecule has 0 saturated heterocycles. The second-order valence-electron chi connectivity index (χ2n) is 5.75. The predicted octanol–water partition coefficient (Wildman–Crippen LogP) is 2.85. The third kappa shape index (κ3) is 5.12. The fraction of sp³-hybridized carbons (Fsp3) is 0.278. The van der Waals surface area contributed by atoms with Crippen molar-refractivity contribution < 1.29 is 17.9 Å². The Labute approximate surface area is 158 Å². The minimum atomic E-state index is -3.50. The molecule has 1 N–H and O–H groups in total. The van der Waals surface area contributed by atoms with Crippen molar-refractivity contribution in [3.63, 3.8) is 0 Å². The van der Waals surface area contributed by atoms with Crippen LogP contribution in [0.4, 0.5) is 5.69 Å². The van der Waals surface area contributed by atoms with Crippen LogP contribution in [-0.4, -0.2) is 40.8 Å². The van der Waals surface area contributed by atoms with Crippen molar-refractivity contribution in [2.24, 2.45) is 0 Å². The molecule has 0 aliphatic rings. The van der Waals surface area contributed by atoms with Crippen molar-refractivity contribution in [3.05, 3.63) is 58.6 Å². The first-order valence-corrected chi connectivity index (χ1v) is 10.1. The average Bonchev–Trinajstić information content (AvgIpc) is 2.58. The molecule has 0 bridgehead atoms. The van der Waals surface area contributed by atoms with Crippen molar-refractivity contribution in [2.75, 3.05) is 30.8 Å². The van der Waals surface area contributed by atoms with Gasteiger partial charge >= 0.3 is 0 Å². The highest BCUT2D eigenvalue weighted by atomic mass is 35.5. The van der Waals surface area contributed by atoms with Gasteiger partial charge in [-0.3, -0.25) is 9.10 Å². The number of anilines is 1. The van der Waals surface area contributed by atoms with Gasteiger partial charge in [-0.25, -0.2) is 8.42 Å². The Bertz CT molecular complexity index is 883. The van der Waals surface area contributed by atoms with E-state index in [1.165, 1.54) is 4.31 Å². The number of hydrogen-bond donors (Lipinski definition) is 1. The molecule has 0 spiro atoms. The standard InChI is InChI=1S/C18H21ClN2O4S/c1-13-12-15(19)6-9-17(13)21(26(3,23)24)11-10-20-18(22)14-4-7-16(25-2)8-5-14/h4-9,12H,10-11H2,1-3H3,(H,20,22). The van der Waals surface area contributed by atoms with Gasteiger partial charge in [-0.2, -0.15) is 0 Å². The number of sulfonamides is 1. The lowest BCUT2D eigenvalue weighted by molar-refractivity contribution is 0.0955. The molecule has 140 valence electrons. The van der Waals surface area contributed by atoms with Crippen molar-refractivity contribution in [3.8, 4) is 5.75 Å². The molecule has 1 amide bonds. The monoisotopic (exact) mass is 396 g/mol. The number of amides is 1. The molecule has 0 saturated carbocycles. The minimum absolute atomic E-state index is 0.114. The number of aryl methyl sites for hydroxylation is 1. The number of halogens is 1. The normalized spacial score (nSPS) is 11.1. The summed E-state index contributed by atoms with van der Waals surface area (Å²) < 4.78 is 30.6. The van der Waals surface area contributed by atoms with E-state index < -0.39 is 10.0 Å². The molecule has 0 aliphatic heterocycles. The first kappa shape index (κ1) is 20.1. The molecule has 0 fully saturated rings. The minimum Gasteiger partial charge on any atom is -0.497 e. The van der Waals surface area contributed by atoms with E-state index in [0.29, 0.717) is 22.0 Å². The summed E-state index contributed by atoms with van der Waals surface area (Å²) in [5, 5.41) is 3.26. The van der Waals surface area contributed by atoms with Crippen LogP contribution in [0, 0.1) is 6.92 Å². The summed E-state index contributed by atoms with van der Waals surface area (Å²) in [7, 11) is -1.95. The van der Waals surface area contributed by atoms with E-state index in [4.69, 9.17) is 16.3 Å². The first-order chi connectivity index (χ1) is 12.2. The van der Waals surface area contributed by atoms with E-state index in [9.17, 15) is 13.2 Å². The Balaban J connectivity index is 2.07. The lowest BCUT2D eigenvalue weighted by Gasteiger charge is -2.24. The summed E-state index contributed by atoms with van der Waals surface area (Å²) in [5.41, 5.74) is 1.75. The van der Waals surface area contributed by atoms with Crippen LogP contribution in [-0.2, 0) is 10.0 Å². The highest BCUT2D eigenvalue weighted by Gasteiger charge is 2.19. The third-order valence-electron chi connectivity index (χ3n) is 3.78. The van der Waals surface area contributed by atoms with Crippen molar-refractivity contribution in [1.82, 2.24) is 5.32 Å². The Kier molecular flexibility index (Phi) is 6.50. The average molecular weight is 397 g/mol. The topological polar surface area (TPSA) is 75.7 Å². The quantitative estimate of drug-likeness (QED) is 0.780. The van der Waals surface area contributed by atoms with Gasteiger partial charge in [0.1, 0.15) is 5.75 Å². The van der Waals surface area contributed by atoms with Gasteiger partial charge in [0.25, 0.3) is 5.91 Å². The van der Waals surface area contributed by atoms with Gasteiger partial charge in [0.15, 0.2) is 0 Å². The van der Waals surface area contributed by atoms with E-state index in [2.05, 4.69) is 5.32 Å². The fourth-order valence-corrected chi connectivity index (χ4v) is 3.69. The lowest BCUT2D eigenvalue weighted by Crippen LogP contribution is -2.38. The number of ether oxygens (including phenoxy) is 1. The van der Waals surface area contributed by atoms with Crippen LogP contribution >= 0.6 is 11.6 Å². The number of benzene rings is 2. The zero-order valence-corrected chi connectivity index (χ0v) is 16.4. The molecular formula is C18H21ClN2O4S. The number of hydrogen-bond acceptors (Lipinski definition) is 4. The van der Waals surface area contributed by atoms with Gasteiger partial charge in [0.2, 0.25) is 10.0 Å². The van der Waals surface area contributed by atoms with Crippen LogP contribution in [0.1, 0.15) is 15.9 Å². The summed E-state index contributed by atoms with van der Waals surface area (Å²) >= 11 is 5.94. The van der Waals surface area contributed by atoms with Crippen LogP contribution in [0.25, 0.3) is 0 Å². The largest absolute Gasteiger partial charge is 0.497 e. The van der Waals surface area contributed by atoms with Crippen molar-refractivity contribution >= 4 is 33.2 Å². The summed E-state index contributed by atoms with van der Waals surface area (Å²) in [6, 6.07) is 11.7. The predicted molar refractivity (Wildman–Crippen MR) is 104 cm³/mol. The molecule has 0 heterocycles. The Morgan fingerprint density at radius 2 is 1.85 bits per heavy atom. The molecule has 2 rings (SSSR count). The lowest BCUT2D eigenvalue weighted by atomic mass is 10.2. The summed E-state index contributed by atoms with van der Waals surface area (Å²) in [6.07, 6.45) is 1.13. The zero-order chi connectivity index (χ0) is 19.3. The SMILES string of the molecule is COc1ccc(C(=O)NCCN(c2ccc(Cl)cc2C)S(C)(=O)=O)cc1. The number of nitrogens with one attached hydrogen (secondary N) is 1. The molecule has 0 aromatic heterocycles. The summed E-state index contributed by atoms with van der Waals surface area (Å²) in [4.78, 5) is 12.2. The number of carbonyl (C=O) groups excluding carboxylic acids is 1. The molecule has 2 aromatic rings. The summed E-state index contributed by atoms with van der Waals surface area (Å²) in [6.45, 7) is 2.07. The number of nitrogens with zero attached hydrogens (tertiary/aromatic N) is 1. The van der Waals surface area contributed by atoms with Gasteiger partial charge in [0, 0.05) is 17.1 Å². The third-order valence-corrected chi connectivity index (χ3v) is 5.20. The molecule has 0 unspecified atom stereocenters. The Morgan fingerprint density at radius 1 is 1.19 bits per heavy atom. The van der Waals surface area contributed by atoms with Crippen LogP contribution in [0.15, 0.2) is 42.5 Å². The molecule has 2 aromatic carbocycles. The van der Waals surface area contributed by atoms with Crippen molar-refractivity contribution in [1.29, 1.82) is 0 Å². The Hall–Kier alpha value is -2.25. The molecule has 0 aliphatic carbocycles. The molecule has 26 heavy (non-hydrogen) atoms. The van der Waals surface area contributed by atoms with E-state index in [-0.39, 0.29) is 19.0 Å². The van der Waals surface area contributed by atoms with Crippen LogP contribution in [0.3, 0.4) is 0 Å². The summed E-state index contributed by atoms with van der Waals surface area (Å²) in [5.74, 6) is 0.372. The van der Waals surface area contributed by atoms with Gasteiger partial charge in [-0.05, 0) is 55.0 Å².